The lowest BCUT2D eigenvalue weighted by Gasteiger charge is -2.28. The highest BCUT2D eigenvalue weighted by Gasteiger charge is 2.50. The fourth-order valence-corrected chi connectivity index (χ4v) is 7.18. The first-order chi connectivity index (χ1) is 26.0. The van der Waals surface area contributed by atoms with Crippen LogP contribution in [0.2, 0.25) is 0 Å². The third-order valence-electron chi connectivity index (χ3n) is 9.28. The Bertz CT molecular complexity index is 1680. The number of epoxide rings is 1. The van der Waals surface area contributed by atoms with E-state index in [9.17, 15) is 32.4 Å². The first kappa shape index (κ1) is 45.2. The molecule has 4 amide bonds. The molecule has 2 aromatic rings. The minimum absolute atomic E-state index is 0. The van der Waals surface area contributed by atoms with Crippen LogP contribution in [0.15, 0.2) is 60.7 Å². The van der Waals surface area contributed by atoms with Crippen molar-refractivity contribution in [3.63, 3.8) is 0 Å². The Hall–Kier alpha value is -4.18. The van der Waals surface area contributed by atoms with Gasteiger partial charge in [-0.2, -0.15) is 0 Å². The summed E-state index contributed by atoms with van der Waals surface area (Å²) in [6, 6.07) is 15.1. The van der Waals surface area contributed by atoms with E-state index in [-0.39, 0.29) is 44.1 Å². The number of aryl methyl sites for hydroxylation is 1. The van der Waals surface area contributed by atoms with Crippen molar-refractivity contribution in [1.82, 2.24) is 26.6 Å². The van der Waals surface area contributed by atoms with Gasteiger partial charge in [-0.1, -0.05) is 88.4 Å². The number of nitrogens with two attached hydrogens (primary N) is 1. The van der Waals surface area contributed by atoms with Crippen LogP contribution in [0.25, 0.3) is 0 Å². The molecule has 2 aliphatic heterocycles. The molecule has 2 saturated heterocycles. The quantitative estimate of drug-likeness (QED) is 0.114. The summed E-state index contributed by atoms with van der Waals surface area (Å²) in [7, 11) is -2.65. The number of hydrogen-bond donors (Lipinski definition) is 6. The zero-order chi connectivity index (χ0) is 40.6. The smallest absolute Gasteiger partial charge is 0.243 e. The molecule has 0 spiro atoms. The summed E-state index contributed by atoms with van der Waals surface area (Å²) in [5.41, 5.74) is 6.41. The molecule has 5 atom stereocenters. The van der Waals surface area contributed by atoms with Crippen LogP contribution in [-0.2, 0) is 51.4 Å². The van der Waals surface area contributed by atoms with E-state index in [1.165, 1.54) is 0 Å². The SMILES string of the molecule is CC(C)C[C@H](NC(=O)[C@H](CCc1ccccc1)NC(=O)CN)C(=O)N[C@@H](Cc1ccccc1)C(=O)N[C@@H](CC(C)C)C(=O)[C@@]1(C)CO1.O=S1(=O)CCNCC1.[HH].[HH].[HH].[HH].[HH]. The van der Waals surface area contributed by atoms with Crippen molar-refractivity contribution in [1.29, 1.82) is 0 Å². The van der Waals surface area contributed by atoms with Crippen molar-refractivity contribution in [2.75, 3.05) is 37.7 Å². The minimum Gasteiger partial charge on any atom is -0.361 e. The second kappa shape index (κ2) is 21.8. The Balaban J connectivity index is -0.00000224. The standard InChI is InChI=1S/C36H51N5O6.C4H9NO2S.5H2/c1-23(2)18-28(32(43)36(5)22-47-36)39-35(46)30(20-26-14-10-7-11-15-26)41-34(45)29(19-24(3)4)40-33(44)27(38-31(42)21-37)17-16-25-12-8-6-9-13-25;6-8(7)3-1-5-2-4-8;;;;;/h6-15,23-24,27-30H,16-22,37H2,1-5H3,(H,38,42)(H,39,46)(H,40,44)(H,41,45);5H,1-4H2;5*1H/t27-,28-,29-,30-,36+;;;;;;/m0....../s1. The maximum atomic E-state index is 13.9. The van der Waals surface area contributed by atoms with Gasteiger partial charge in [0.05, 0.1) is 30.7 Å². The van der Waals surface area contributed by atoms with Gasteiger partial charge in [0.2, 0.25) is 23.6 Å². The average molecular weight is 795 g/mol. The van der Waals surface area contributed by atoms with Crippen LogP contribution in [0.4, 0.5) is 0 Å². The lowest BCUT2D eigenvalue weighted by Crippen LogP contribution is -2.59. The Kier molecular flexibility index (Phi) is 17.9. The molecule has 0 unspecified atom stereocenters. The zero-order valence-electron chi connectivity index (χ0n) is 32.8. The summed E-state index contributed by atoms with van der Waals surface area (Å²) in [5.74, 6) is -1.49. The van der Waals surface area contributed by atoms with E-state index in [0.717, 1.165) is 11.1 Å². The lowest BCUT2D eigenvalue weighted by molar-refractivity contribution is -0.135. The minimum atomic E-state index is -2.65. The molecular weight excluding hydrogens is 725 g/mol. The van der Waals surface area contributed by atoms with E-state index in [1.54, 1.807) is 6.92 Å². The number of sulfone groups is 1. The zero-order valence-corrected chi connectivity index (χ0v) is 33.6. The van der Waals surface area contributed by atoms with Gasteiger partial charge in [0.1, 0.15) is 23.7 Å². The van der Waals surface area contributed by atoms with Crippen LogP contribution in [0.1, 0.15) is 72.1 Å². The number of hydrogen-bond acceptors (Lipinski definition) is 10. The summed E-state index contributed by atoms with van der Waals surface area (Å²) in [4.78, 5) is 66.7. The van der Waals surface area contributed by atoms with E-state index in [2.05, 4.69) is 26.6 Å². The average Bonchev–Trinajstić information content (AvgIpc) is 3.90. The molecule has 0 aliphatic carbocycles. The molecule has 14 nitrogen and oxygen atoms in total. The Morgan fingerprint density at radius 2 is 1.22 bits per heavy atom. The van der Waals surface area contributed by atoms with Crippen LogP contribution >= 0.6 is 0 Å². The number of carbonyl (C=O) groups is 5. The van der Waals surface area contributed by atoms with Crippen LogP contribution in [0, 0.1) is 11.8 Å². The van der Waals surface area contributed by atoms with Gasteiger partial charge in [-0.15, -0.1) is 0 Å². The maximum absolute atomic E-state index is 13.9. The van der Waals surface area contributed by atoms with Crippen molar-refractivity contribution in [3.05, 3.63) is 71.8 Å². The normalized spacial score (nSPS) is 19.4. The van der Waals surface area contributed by atoms with Gasteiger partial charge in [-0.25, -0.2) is 8.42 Å². The van der Waals surface area contributed by atoms with Crippen molar-refractivity contribution in [2.24, 2.45) is 17.6 Å². The molecule has 2 fully saturated rings. The summed E-state index contributed by atoms with van der Waals surface area (Å²) in [6.07, 6.45) is 1.69. The largest absolute Gasteiger partial charge is 0.361 e. The van der Waals surface area contributed by atoms with E-state index in [1.807, 2.05) is 88.4 Å². The van der Waals surface area contributed by atoms with E-state index >= 15 is 0 Å². The molecule has 2 aliphatic rings. The maximum Gasteiger partial charge on any atom is 0.243 e. The summed E-state index contributed by atoms with van der Waals surface area (Å²) in [6.45, 7) is 10.8. The molecule has 0 radical (unpaired) electrons. The van der Waals surface area contributed by atoms with E-state index in [4.69, 9.17) is 10.5 Å². The number of amides is 4. The topological polar surface area (TPSA) is 218 Å². The highest BCUT2D eigenvalue weighted by atomic mass is 32.2. The predicted molar refractivity (Wildman–Crippen MR) is 222 cm³/mol. The van der Waals surface area contributed by atoms with Gasteiger partial charge in [0, 0.05) is 26.6 Å². The fourth-order valence-electron chi connectivity index (χ4n) is 6.06. The van der Waals surface area contributed by atoms with Gasteiger partial charge in [0.15, 0.2) is 15.6 Å². The molecule has 314 valence electrons. The summed E-state index contributed by atoms with van der Waals surface area (Å²) in [5, 5.41) is 14.2. The highest BCUT2D eigenvalue weighted by Crippen LogP contribution is 2.29. The number of benzene rings is 2. The predicted octanol–water partition coefficient (Wildman–Crippen LogP) is 2.44. The molecule has 0 aromatic heterocycles. The van der Waals surface area contributed by atoms with Gasteiger partial charge in [-0.3, -0.25) is 24.0 Å². The molecule has 2 heterocycles. The van der Waals surface area contributed by atoms with Crippen molar-refractivity contribution in [2.45, 2.75) is 96.5 Å². The number of ketones is 1. The monoisotopic (exact) mass is 794 g/mol. The number of rotatable bonds is 19. The first-order valence-electron chi connectivity index (χ1n) is 19.1. The lowest BCUT2D eigenvalue weighted by atomic mass is 9.93. The van der Waals surface area contributed by atoms with Gasteiger partial charge < -0.3 is 37.1 Å². The summed E-state index contributed by atoms with van der Waals surface area (Å²) >= 11 is 0. The molecular formula is C40H70N6O8S. The number of carbonyl (C=O) groups excluding carboxylic acids is 5. The van der Waals surface area contributed by atoms with Crippen molar-refractivity contribution >= 4 is 39.2 Å². The molecule has 15 heteroatoms. The number of nitrogens with one attached hydrogen (secondary N) is 5. The van der Waals surface area contributed by atoms with Crippen LogP contribution < -0.4 is 32.3 Å². The van der Waals surface area contributed by atoms with Crippen LogP contribution in [0.3, 0.4) is 0 Å². The Morgan fingerprint density at radius 3 is 1.71 bits per heavy atom. The molecule has 7 N–H and O–H groups in total. The second-order valence-electron chi connectivity index (χ2n) is 15.3. The van der Waals surface area contributed by atoms with Crippen LogP contribution in [-0.4, -0.2) is 105 Å². The van der Waals surface area contributed by atoms with Gasteiger partial charge >= 0.3 is 0 Å². The molecule has 4 rings (SSSR count). The third kappa shape index (κ3) is 16.2. The number of ether oxygens (including phenoxy) is 1. The highest BCUT2D eigenvalue weighted by molar-refractivity contribution is 7.91. The molecule has 0 bridgehead atoms. The molecule has 0 saturated carbocycles. The molecule has 2 aromatic carbocycles. The number of Topliss-reactive ketones (excluding diaryl/α,β-unsaturated/α-hetero) is 1. The second-order valence-corrected chi connectivity index (χ2v) is 17.6. The Labute approximate surface area is 333 Å². The van der Waals surface area contributed by atoms with Crippen LogP contribution in [0.5, 0.6) is 0 Å². The van der Waals surface area contributed by atoms with Gasteiger partial charge in [-0.05, 0) is 55.6 Å². The van der Waals surface area contributed by atoms with Crippen molar-refractivity contribution < 1.29 is 44.3 Å². The molecule has 55 heavy (non-hydrogen) atoms. The third-order valence-corrected chi connectivity index (χ3v) is 10.9. The fraction of sp³-hybridized carbons (Fsp3) is 0.575. The first-order valence-corrected chi connectivity index (χ1v) is 20.9. The summed E-state index contributed by atoms with van der Waals surface area (Å²) < 4.78 is 26.6. The van der Waals surface area contributed by atoms with Gasteiger partial charge in [0.25, 0.3) is 0 Å². The van der Waals surface area contributed by atoms with E-state index in [0.29, 0.717) is 50.5 Å². The Morgan fingerprint density at radius 1 is 0.745 bits per heavy atom. The van der Waals surface area contributed by atoms with Crippen molar-refractivity contribution in [3.8, 4) is 0 Å². The van der Waals surface area contributed by atoms with E-state index < -0.39 is 63.2 Å².